The van der Waals surface area contributed by atoms with E-state index < -0.39 is 24.2 Å². The maximum Gasteiger partial charge on any atom is 0.240 e. The van der Waals surface area contributed by atoms with E-state index in [-0.39, 0.29) is 30.3 Å². The third kappa shape index (κ3) is 10.2. The maximum absolute atomic E-state index is 13.7. The molecule has 260 valence electrons. The van der Waals surface area contributed by atoms with Crippen LogP contribution in [0.15, 0.2) is 0 Å². The highest BCUT2D eigenvalue weighted by molar-refractivity contribution is 5.82. The van der Waals surface area contributed by atoms with Crippen molar-refractivity contribution in [3.05, 3.63) is 0 Å². The first kappa shape index (κ1) is 35.6. The Balaban J connectivity index is 1.09. The second kappa shape index (κ2) is 18.2. The lowest BCUT2D eigenvalue weighted by atomic mass is 9.81. The summed E-state index contributed by atoms with van der Waals surface area (Å²) in [6.07, 6.45) is 19.4. The molecule has 5 fully saturated rings. The predicted octanol–water partition coefficient (Wildman–Crippen LogP) is 4.49. The zero-order valence-corrected chi connectivity index (χ0v) is 28.3. The Morgan fingerprint density at radius 3 is 2.24 bits per heavy atom. The number of ether oxygens (including phenoxy) is 1. The molecule has 6 atom stereocenters. The summed E-state index contributed by atoms with van der Waals surface area (Å²) < 4.78 is 6.42. The summed E-state index contributed by atoms with van der Waals surface area (Å²) in [5.41, 5.74) is 0. The van der Waals surface area contributed by atoms with Crippen molar-refractivity contribution in [1.82, 2.24) is 15.7 Å². The SMILES string of the molecule is C[C@@H](O)[C@H]1[C@@H](CO)ON(CC2CCCC(C#CCNC(=O)C3CCCCC3)C2)[C@H]1C(=O)NCC1CCC(OC2CCCCC2)CC1. The van der Waals surface area contributed by atoms with Crippen LogP contribution < -0.4 is 10.6 Å². The minimum absolute atomic E-state index is 0.122. The Morgan fingerprint density at radius 1 is 0.848 bits per heavy atom. The van der Waals surface area contributed by atoms with E-state index in [0.29, 0.717) is 43.7 Å². The molecule has 1 saturated heterocycles. The first-order valence-electron chi connectivity index (χ1n) is 18.8. The molecule has 0 aromatic heterocycles. The highest BCUT2D eigenvalue weighted by atomic mass is 16.7. The molecule has 2 unspecified atom stereocenters. The second-order valence-electron chi connectivity index (χ2n) is 15.1. The van der Waals surface area contributed by atoms with Gasteiger partial charge in [-0.3, -0.25) is 14.4 Å². The molecular weight excluding hydrogens is 582 g/mol. The average Bonchev–Trinajstić information content (AvgIpc) is 3.46. The third-order valence-electron chi connectivity index (χ3n) is 11.5. The number of hydroxylamine groups is 2. The smallest absolute Gasteiger partial charge is 0.240 e. The van der Waals surface area contributed by atoms with Crippen molar-refractivity contribution in [3.63, 3.8) is 0 Å². The van der Waals surface area contributed by atoms with E-state index in [9.17, 15) is 19.8 Å². The van der Waals surface area contributed by atoms with Crippen LogP contribution in [-0.2, 0) is 19.2 Å². The van der Waals surface area contributed by atoms with Gasteiger partial charge in [-0.25, -0.2) is 0 Å². The van der Waals surface area contributed by atoms with Gasteiger partial charge in [-0.05, 0) is 89.4 Å². The van der Waals surface area contributed by atoms with Crippen LogP contribution in [0.4, 0.5) is 0 Å². The Hall–Kier alpha value is -1.70. The lowest BCUT2D eigenvalue weighted by Gasteiger charge is -2.34. The molecule has 0 aromatic carbocycles. The van der Waals surface area contributed by atoms with E-state index in [4.69, 9.17) is 9.57 Å². The van der Waals surface area contributed by atoms with Crippen molar-refractivity contribution in [2.45, 2.75) is 153 Å². The van der Waals surface area contributed by atoms with Gasteiger partial charge in [0, 0.05) is 30.8 Å². The number of carbonyl (C=O) groups excluding carboxylic acids is 2. The highest BCUT2D eigenvalue weighted by Gasteiger charge is 2.49. The molecule has 4 aliphatic carbocycles. The van der Waals surface area contributed by atoms with Crippen LogP contribution in [0.2, 0.25) is 0 Å². The number of hydrogen-bond acceptors (Lipinski definition) is 7. The Labute approximate surface area is 277 Å². The maximum atomic E-state index is 13.7. The second-order valence-corrected chi connectivity index (χ2v) is 15.1. The van der Waals surface area contributed by atoms with Crippen LogP contribution in [0.25, 0.3) is 0 Å². The van der Waals surface area contributed by atoms with Gasteiger partial charge in [-0.1, -0.05) is 56.8 Å². The molecule has 9 heteroatoms. The molecule has 0 bridgehead atoms. The van der Waals surface area contributed by atoms with Gasteiger partial charge in [0.25, 0.3) is 0 Å². The Morgan fingerprint density at radius 2 is 1.54 bits per heavy atom. The number of nitrogens with one attached hydrogen (secondary N) is 2. The summed E-state index contributed by atoms with van der Waals surface area (Å²) in [5, 5.41) is 28.8. The fraction of sp³-hybridized carbons (Fsp3) is 0.892. The molecule has 46 heavy (non-hydrogen) atoms. The number of carbonyl (C=O) groups is 2. The predicted molar refractivity (Wildman–Crippen MR) is 177 cm³/mol. The Kier molecular flexibility index (Phi) is 14.1. The normalized spacial score (nSPS) is 33.9. The molecule has 0 radical (unpaired) electrons. The number of aliphatic hydroxyl groups excluding tert-OH is 2. The van der Waals surface area contributed by atoms with Crippen LogP contribution in [0, 0.1) is 41.4 Å². The lowest BCUT2D eigenvalue weighted by Crippen LogP contribution is -2.51. The summed E-state index contributed by atoms with van der Waals surface area (Å²) in [5.74, 6) is 7.26. The van der Waals surface area contributed by atoms with E-state index in [1.54, 1.807) is 12.0 Å². The third-order valence-corrected chi connectivity index (χ3v) is 11.5. The lowest BCUT2D eigenvalue weighted by molar-refractivity contribution is -0.183. The van der Waals surface area contributed by atoms with Gasteiger partial charge < -0.3 is 25.6 Å². The summed E-state index contributed by atoms with van der Waals surface area (Å²) in [4.78, 5) is 32.4. The molecule has 5 rings (SSSR count). The first-order chi connectivity index (χ1) is 22.4. The van der Waals surface area contributed by atoms with Crippen LogP contribution in [0.1, 0.15) is 122 Å². The molecule has 4 saturated carbocycles. The van der Waals surface area contributed by atoms with Crippen molar-refractivity contribution < 1.29 is 29.4 Å². The van der Waals surface area contributed by atoms with E-state index in [2.05, 4.69) is 22.5 Å². The molecule has 0 spiro atoms. The van der Waals surface area contributed by atoms with Gasteiger partial charge in [0.05, 0.1) is 31.5 Å². The minimum Gasteiger partial charge on any atom is -0.394 e. The van der Waals surface area contributed by atoms with Crippen LogP contribution in [0.5, 0.6) is 0 Å². The van der Waals surface area contributed by atoms with Crippen LogP contribution in [0.3, 0.4) is 0 Å². The molecule has 1 heterocycles. The zero-order chi connectivity index (χ0) is 32.3. The molecule has 5 aliphatic rings. The van der Waals surface area contributed by atoms with Crippen molar-refractivity contribution in [3.8, 4) is 11.8 Å². The summed E-state index contributed by atoms with van der Waals surface area (Å²) >= 11 is 0. The molecule has 2 amide bonds. The van der Waals surface area contributed by atoms with E-state index in [1.165, 1.54) is 38.5 Å². The Bertz CT molecular complexity index is 1010. The molecule has 9 nitrogen and oxygen atoms in total. The monoisotopic (exact) mass is 643 g/mol. The number of rotatable bonds is 11. The fourth-order valence-corrected chi connectivity index (χ4v) is 8.87. The summed E-state index contributed by atoms with van der Waals surface area (Å²) in [7, 11) is 0. The van der Waals surface area contributed by atoms with Gasteiger partial charge in [0.2, 0.25) is 11.8 Å². The van der Waals surface area contributed by atoms with Gasteiger partial charge in [-0.15, -0.1) is 0 Å². The zero-order valence-electron chi connectivity index (χ0n) is 28.3. The van der Waals surface area contributed by atoms with E-state index in [1.807, 2.05) is 0 Å². The van der Waals surface area contributed by atoms with Crippen molar-refractivity contribution >= 4 is 11.8 Å². The summed E-state index contributed by atoms with van der Waals surface area (Å²) in [6, 6.07) is -0.649. The molecular formula is C37H61N3O6. The number of amides is 2. The van der Waals surface area contributed by atoms with Gasteiger partial charge in [-0.2, -0.15) is 5.06 Å². The number of hydrogen-bond donors (Lipinski definition) is 4. The van der Waals surface area contributed by atoms with Crippen LogP contribution >= 0.6 is 0 Å². The molecule has 1 aliphatic heterocycles. The standard InChI is InChI=1S/C37H61N3O6/c1-26(42)34-33(25-41)46-40(24-29-11-8-10-27(22-29)12-9-21-38-36(43)30-13-4-2-5-14-30)35(34)37(44)39-23-28-17-19-32(20-18-28)45-31-15-6-3-7-16-31/h26-35,41-42H,2-8,10-11,13-25H2,1H3,(H,38,43)(H,39,44)/t26-,27?,28?,29?,32?,33-,34+,35-/m1/s1. The first-order valence-corrected chi connectivity index (χ1v) is 18.8. The summed E-state index contributed by atoms with van der Waals surface area (Å²) in [6.45, 7) is 3.03. The fourth-order valence-electron chi connectivity index (χ4n) is 8.87. The van der Waals surface area contributed by atoms with Gasteiger partial charge >= 0.3 is 0 Å². The number of nitrogens with zero attached hydrogens (tertiary/aromatic N) is 1. The van der Waals surface area contributed by atoms with E-state index in [0.717, 1.165) is 77.0 Å². The average molecular weight is 644 g/mol. The van der Waals surface area contributed by atoms with Crippen LogP contribution in [-0.4, -0.2) is 83.8 Å². The topological polar surface area (TPSA) is 120 Å². The minimum atomic E-state index is -0.793. The quantitative estimate of drug-likeness (QED) is 0.245. The molecule has 0 aromatic rings. The van der Waals surface area contributed by atoms with Gasteiger partial charge in [0.1, 0.15) is 12.1 Å². The van der Waals surface area contributed by atoms with Gasteiger partial charge in [0.15, 0.2) is 0 Å². The van der Waals surface area contributed by atoms with Crippen molar-refractivity contribution in [1.29, 1.82) is 0 Å². The largest absolute Gasteiger partial charge is 0.394 e. The van der Waals surface area contributed by atoms with Crippen molar-refractivity contribution in [2.75, 3.05) is 26.2 Å². The van der Waals surface area contributed by atoms with Crippen molar-refractivity contribution in [2.24, 2.45) is 29.6 Å². The van der Waals surface area contributed by atoms with E-state index >= 15 is 0 Å². The molecule has 4 N–H and O–H groups in total. The highest BCUT2D eigenvalue weighted by Crippen LogP contribution is 2.36. The number of aliphatic hydroxyl groups is 2.